The molecular formula is C13H15BrN2O3. The number of ether oxygens (including phenoxy) is 1. The Hall–Kier alpha value is -1.56. The van der Waals surface area contributed by atoms with Crippen molar-refractivity contribution in [3.8, 4) is 5.75 Å². The lowest BCUT2D eigenvalue weighted by atomic mass is 10.1. The van der Waals surface area contributed by atoms with Gasteiger partial charge in [-0.15, -0.1) is 0 Å². The summed E-state index contributed by atoms with van der Waals surface area (Å²) in [4.78, 5) is 25.1. The van der Waals surface area contributed by atoms with Gasteiger partial charge < -0.3 is 15.4 Å². The molecule has 1 aromatic rings. The van der Waals surface area contributed by atoms with E-state index in [-0.39, 0.29) is 11.7 Å². The Labute approximate surface area is 119 Å². The first-order valence-electron chi connectivity index (χ1n) is 5.91. The fourth-order valence-corrected chi connectivity index (χ4v) is 2.53. The molecule has 5 nitrogen and oxygen atoms in total. The maximum Gasteiger partial charge on any atom is 0.263 e. The van der Waals surface area contributed by atoms with Crippen molar-refractivity contribution >= 4 is 33.3 Å². The molecule has 1 saturated heterocycles. The van der Waals surface area contributed by atoms with Gasteiger partial charge >= 0.3 is 0 Å². The van der Waals surface area contributed by atoms with Crippen LogP contribution in [0.25, 0.3) is 0 Å². The van der Waals surface area contributed by atoms with Gasteiger partial charge in [-0.1, -0.05) is 15.9 Å². The summed E-state index contributed by atoms with van der Waals surface area (Å²) in [6.45, 7) is 2.09. The van der Waals surface area contributed by atoms with Crippen molar-refractivity contribution in [1.82, 2.24) is 4.90 Å². The molecule has 1 amide bonds. The summed E-state index contributed by atoms with van der Waals surface area (Å²) in [5, 5.41) is 0. The Morgan fingerprint density at radius 1 is 1.53 bits per heavy atom. The van der Waals surface area contributed by atoms with E-state index in [9.17, 15) is 9.59 Å². The van der Waals surface area contributed by atoms with Crippen molar-refractivity contribution < 1.29 is 14.3 Å². The van der Waals surface area contributed by atoms with Gasteiger partial charge in [0.15, 0.2) is 17.6 Å². The van der Waals surface area contributed by atoms with Gasteiger partial charge in [0.25, 0.3) is 5.91 Å². The largest absolute Gasteiger partial charge is 0.478 e. The number of carbonyl (C=O) groups excluding carboxylic acids is 2. The van der Waals surface area contributed by atoms with Crippen LogP contribution in [-0.4, -0.2) is 36.3 Å². The average Bonchev–Trinajstić information content (AvgIpc) is 2.63. The maximum atomic E-state index is 11.8. The predicted octanol–water partition coefficient (Wildman–Crippen LogP) is 1.84. The number of nitrogen functional groups attached to an aromatic ring is 1. The number of nitrogens with zero attached hydrogens (tertiary/aromatic N) is 1. The molecule has 0 bridgehead atoms. The van der Waals surface area contributed by atoms with E-state index in [0.717, 1.165) is 0 Å². The quantitative estimate of drug-likeness (QED) is 0.679. The Bertz CT molecular complexity index is 545. The number of anilines is 1. The lowest BCUT2D eigenvalue weighted by Crippen LogP contribution is -2.30. The Balaban J connectivity index is 2.34. The van der Waals surface area contributed by atoms with Crippen molar-refractivity contribution in [3.05, 3.63) is 22.2 Å². The van der Waals surface area contributed by atoms with E-state index in [4.69, 9.17) is 10.5 Å². The van der Waals surface area contributed by atoms with E-state index in [1.807, 2.05) is 0 Å². The fourth-order valence-electron chi connectivity index (χ4n) is 2.05. The molecule has 1 atom stereocenters. The molecule has 0 aliphatic carbocycles. The van der Waals surface area contributed by atoms with Gasteiger partial charge in [0.2, 0.25) is 0 Å². The van der Waals surface area contributed by atoms with E-state index >= 15 is 0 Å². The van der Waals surface area contributed by atoms with Crippen LogP contribution in [0, 0.1) is 0 Å². The Morgan fingerprint density at radius 3 is 2.74 bits per heavy atom. The number of hydrogen-bond donors (Lipinski definition) is 1. The second-order valence-electron chi connectivity index (χ2n) is 4.58. The van der Waals surface area contributed by atoms with Crippen LogP contribution in [0.1, 0.15) is 23.7 Å². The summed E-state index contributed by atoms with van der Waals surface area (Å²) in [5.74, 6) is 0.0583. The lowest BCUT2D eigenvalue weighted by molar-refractivity contribution is -0.132. The minimum atomic E-state index is -0.563. The molecule has 1 aromatic carbocycles. The Kier molecular flexibility index (Phi) is 3.80. The van der Waals surface area contributed by atoms with Crippen LogP contribution in [0.2, 0.25) is 0 Å². The van der Waals surface area contributed by atoms with Crippen molar-refractivity contribution in [1.29, 1.82) is 0 Å². The zero-order valence-electron chi connectivity index (χ0n) is 10.8. The van der Waals surface area contributed by atoms with Crippen LogP contribution in [0.3, 0.4) is 0 Å². The first-order chi connectivity index (χ1) is 8.90. The molecule has 0 radical (unpaired) electrons. The van der Waals surface area contributed by atoms with Crippen molar-refractivity contribution in [2.75, 3.05) is 19.3 Å². The number of rotatable bonds is 3. The lowest BCUT2D eigenvalue weighted by Gasteiger charge is -2.17. The average molecular weight is 327 g/mol. The zero-order chi connectivity index (χ0) is 14.2. The molecule has 19 heavy (non-hydrogen) atoms. The molecule has 1 aliphatic rings. The number of amides is 1. The molecule has 1 aliphatic heterocycles. The second kappa shape index (κ2) is 5.21. The minimum absolute atomic E-state index is 0.0863. The van der Waals surface area contributed by atoms with Crippen LogP contribution >= 0.6 is 15.9 Å². The molecule has 1 heterocycles. The van der Waals surface area contributed by atoms with Gasteiger partial charge in [0, 0.05) is 24.5 Å². The van der Waals surface area contributed by atoms with Crippen LogP contribution in [0.15, 0.2) is 16.6 Å². The van der Waals surface area contributed by atoms with Gasteiger partial charge in [-0.3, -0.25) is 9.59 Å². The van der Waals surface area contributed by atoms with Crippen LogP contribution in [0.4, 0.5) is 5.69 Å². The zero-order valence-corrected chi connectivity index (χ0v) is 12.4. The van der Waals surface area contributed by atoms with E-state index in [2.05, 4.69) is 15.9 Å². The highest BCUT2D eigenvalue weighted by atomic mass is 79.9. The van der Waals surface area contributed by atoms with Crippen LogP contribution in [0.5, 0.6) is 5.75 Å². The number of Topliss-reactive ketones (excluding diaryl/α,β-unsaturated/α-hetero) is 1. The molecule has 1 unspecified atom stereocenters. The smallest absolute Gasteiger partial charge is 0.263 e. The normalized spacial score (nSPS) is 18.8. The van der Waals surface area contributed by atoms with Crippen molar-refractivity contribution in [2.24, 2.45) is 0 Å². The first-order valence-corrected chi connectivity index (χ1v) is 6.71. The summed E-state index contributed by atoms with van der Waals surface area (Å²) < 4.78 is 6.38. The van der Waals surface area contributed by atoms with Crippen LogP contribution < -0.4 is 10.5 Å². The number of halogens is 1. The molecule has 2 rings (SSSR count). The van der Waals surface area contributed by atoms with Crippen molar-refractivity contribution in [3.63, 3.8) is 0 Å². The number of nitrogens with two attached hydrogens (primary N) is 1. The van der Waals surface area contributed by atoms with Gasteiger partial charge in [-0.2, -0.15) is 0 Å². The second-order valence-corrected chi connectivity index (χ2v) is 5.50. The summed E-state index contributed by atoms with van der Waals surface area (Å²) in [7, 11) is 1.72. The molecule has 0 spiro atoms. The highest BCUT2D eigenvalue weighted by molar-refractivity contribution is 9.10. The summed E-state index contributed by atoms with van der Waals surface area (Å²) >= 11 is 3.29. The third kappa shape index (κ3) is 2.73. The molecule has 1 fully saturated rings. The monoisotopic (exact) mass is 326 g/mol. The fraction of sp³-hybridized carbons (Fsp3) is 0.385. The van der Waals surface area contributed by atoms with E-state index in [1.54, 1.807) is 24.1 Å². The number of carbonyl (C=O) groups is 2. The molecule has 0 saturated carbocycles. The van der Waals surface area contributed by atoms with E-state index in [0.29, 0.717) is 34.4 Å². The molecule has 0 aromatic heterocycles. The van der Waals surface area contributed by atoms with Gasteiger partial charge in [-0.25, -0.2) is 0 Å². The summed E-state index contributed by atoms with van der Waals surface area (Å²) in [6.07, 6.45) is 0.0360. The molecule has 6 heteroatoms. The third-order valence-electron chi connectivity index (χ3n) is 3.10. The number of ketones is 1. The predicted molar refractivity (Wildman–Crippen MR) is 75.2 cm³/mol. The maximum absolute atomic E-state index is 11.8. The summed E-state index contributed by atoms with van der Waals surface area (Å²) in [5.41, 5.74) is 6.62. The van der Waals surface area contributed by atoms with Gasteiger partial charge in [0.05, 0.1) is 11.3 Å². The number of likely N-dealkylation sites (N-methyl/N-ethyl adjacent to an activating group) is 1. The minimum Gasteiger partial charge on any atom is -0.478 e. The number of benzene rings is 1. The van der Waals surface area contributed by atoms with E-state index in [1.165, 1.54) is 6.92 Å². The Morgan fingerprint density at radius 2 is 2.21 bits per heavy atom. The highest BCUT2D eigenvalue weighted by Crippen LogP contribution is 2.33. The molecular weight excluding hydrogens is 312 g/mol. The first kappa shape index (κ1) is 13.9. The summed E-state index contributed by atoms with van der Waals surface area (Å²) in [6, 6.07) is 3.31. The SMILES string of the molecule is CC(=O)c1cc(Br)cc(N)c1OC1CCN(C)C1=O. The molecule has 2 N–H and O–H groups in total. The highest BCUT2D eigenvalue weighted by Gasteiger charge is 2.32. The standard InChI is InChI=1S/C13H15BrN2O3/c1-7(17)9-5-8(14)6-10(15)12(9)19-11-3-4-16(2)13(11)18/h5-6,11H,3-4,15H2,1-2H3. The molecule has 102 valence electrons. The number of likely N-dealkylation sites (tertiary alicyclic amines) is 1. The van der Waals surface area contributed by atoms with Gasteiger partial charge in [-0.05, 0) is 19.1 Å². The topological polar surface area (TPSA) is 72.6 Å². The van der Waals surface area contributed by atoms with Crippen LogP contribution in [-0.2, 0) is 4.79 Å². The van der Waals surface area contributed by atoms with Gasteiger partial charge in [0.1, 0.15) is 0 Å². The van der Waals surface area contributed by atoms with E-state index < -0.39 is 6.10 Å². The number of hydrogen-bond acceptors (Lipinski definition) is 4. The van der Waals surface area contributed by atoms with Crippen molar-refractivity contribution in [2.45, 2.75) is 19.4 Å². The third-order valence-corrected chi connectivity index (χ3v) is 3.56.